The van der Waals surface area contributed by atoms with Crippen molar-refractivity contribution in [2.45, 2.75) is 18.6 Å². The highest BCUT2D eigenvalue weighted by molar-refractivity contribution is 9.10. The Balaban J connectivity index is 1.79. The predicted molar refractivity (Wildman–Crippen MR) is 116 cm³/mol. The van der Waals surface area contributed by atoms with Crippen molar-refractivity contribution >= 4 is 37.6 Å². The molecule has 3 nitrogen and oxygen atoms in total. The van der Waals surface area contributed by atoms with Crippen molar-refractivity contribution in [2.75, 3.05) is 0 Å². The average molecular weight is 504 g/mol. The normalized spacial score (nSPS) is 19.3. The fraction of sp³-hybridized carbons (Fsp3) is 0.136. The Kier molecular flexibility index (Phi) is 5.62. The molecular weight excluding hydrogens is 487 g/mol. The summed E-state index contributed by atoms with van der Waals surface area (Å²) in [6, 6.07) is 19.7. The van der Waals surface area contributed by atoms with Gasteiger partial charge in [0.05, 0.1) is 0 Å². The molecule has 2 atom stereocenters. The molecule has 3 aromatic carbocycles. The Morgan fingerprint density at radius 2 is 1.64 bits per heavy atom. The number of hydrogen-bond donors (Lipinski definition) is 2. The second-order valence-electron chi connectivity index (χ2n) is 6.63. The predicted octanol–water partition coefficient (Wildman–Crippen LogP) is 6.28. The first kappa shape index (κ1) is 19.3. The van der Waals surface area contributed by atoms with Gasteiger partial charge in [0.15, 0.2) is 0 Å². The summed E-state index contributed by atoms with van der Waals surface area (Å²) >= 11 is 6.92. The summed E-state index contributed by atoms with van der Waals surface area (Å²) in [7, 11) is 0. The molecule has 28 heavy (non-hydrogen) atoms. The number of nitrogens with zero attached hydrogens (tertiary/aromatic N) is 1. The van der Waals surface area contributed by atoms with Crippen molar-refractivity contribution in [1.29, 1.82) is 0 Å². The summed E-state index contributed by atoms with van der Waals surface area (Å²) in [4.78, 5) is 4.80. The number of phenols is 1. The van der Waals surface area contributed by atoms with E-state index in [1.54, 1.807) is 30.3 Å². The van der Waals surface area contributed by atoms with E-state index in [-0.39, 0.29) is 17.6 Å². The smallest absolute Gasteiger partial charge is 0.129 e. The van der Waals surface area contributed by atoms with Crippen LogP contribution in [0.5, 0.6) is 5.75 Å². The minimum absolute atomic E-state index is 0.199. The van der Waals surface area contributed by atoms with Gasteiger partial charge in [0, 0.05) is 38.2 Å². The SMILES string of the molecule is Oc1ccc(Br)cc1[C@@H]1CC(c2ccc(Br)cc2)=N[C@@H](c2ccccc2F)N1. The molecule has 4 rings (SSSR count). The van der Waals surface area contributed by atoms with Gasteiger partial charge in [0.1, 0.15) is 17.7 Å². The van der Waals surface area contributed by atoms with Crippen molar-refractivity contribution < 1.29 is 9.50 Å². The van der Waals surface area contributed by atoms with Crippen LogP contribution < -0.4 is 5.32 Å². The maximum absolute atomic E-state index is 14.5. The van der Waals surface area contributed by atoms with Gasteiger partial charge in [-0.3, -0.25) is 10.3 Å². The van der Waals surface area contributed by atoms with Crippen LogP contribution in [-0.2, 0) is 0 Å². The van der Waals surface area contributed by atoms with Gasteiger partial charge in [-0.15, -0.1) is 0 Å². The number of rotatable bonds is 3. The molecule has 0 aliphatic carbocycles. The first-order chi connectivity index (χ1) is 13.5. The summed E-state index contributed by atoms with van der Waals surface area (Å²) in [6.45, 7) is 0. The van der Waals surface area contributed by atoms with Gasteiger partial charge < -0.3 is 5.11 Å². The number of benzene rings is 3. The van der Waals surface area contributed by atoms with Gasteiger partial charge >= 0.3 is 0 Å². The molecule has 0 bridgehead atoms. The van der Waals surface area contributed by atoms with Crippen LogP contribution in [0, 0.1) is 5.82 Å². The Bertz CT molecular complexity index is 1040. The minimum Gasteiger partial charge on any atom is -0.508 e. The zero-order valence-electron chi connectivity index (χ0n) is 14.7. The fourth-order valence-electron chi connectivity index (χ4n) is 3.38. The topological polar surface area (TPSA) is 44.6 Å². The lowest BCUT2D eigenvalue weighted by Gasteiger charge is -2.31. The monoisotopic (exact) mass is 502 g/mol. The van der Waals surface area contributed by atoms with Crippen molar-refractivity contribution in [3.8, 4) is 5.75 Å². The van der Waals surface area contributed by atoms with E-state index in [2.05, 4.69) is 37.2 Å². The van der Waals surface area contributed by atoms with Crippen LogP contribution in [0.1, 0.15) is 35.3 Å². The lowest BCUT2D eigenvalue weighted by molar-refractivity contribution is 0.405. The van der Waals surface area contributed by atoms with Crippen LogP contribution in [0.4, 0.5) is 4.39 Å². The number of phenolic OH excluding ortho intramolecular Hbond substituents is 1. The highest BCUT2D eigenvalue weighted by Crippen LogP contribution is 2.36. The largest absolute Gasteiger partial charge is 0.508 e. The molecule has 1 aliphatic heterocycles. The molecule has 0 spiro atoms. The molecule has 2 N–H and O–H groups in total. The van der Waals surface area contributed by atoms with Crippen molar-refractivity contribution in [3.05, 3.63) is 98.2 Å². The lowest BCUT2D eigenvalue weighted by atomic mass is 9.93. The van der Waals surface area contributed by atoms with E-state index in [4.69, 9.17) is 4.99 Å². The van der Waals surface area contributed by atoms with Crippen molar-refractivity contribution in [1.82, 2.24) is 5.32 Å². The molecule has 6 heteroatoms. The van der Waals surface area contributed by atoms with E-state index < -0.39 is 6.17 Å². The third-order valence-corrected chi connectivity index (χ3v) is 5.81. The van der Waals surface area contributed by atoms with E-state index in [9.17, 15) is 9.50 Å². The molecule has 0 amide bonds. The molecule has 1 aliphatic rings. The molecule has 3 aromatic rings. The third-order valence-electron chi connectivity index (χ3n) is 4.78. The number of aliphatic imine (C=N–C) groups is 1. The summed E-state index contributed by atoms with van der Waals surface area (Å²) in [5, 5.41) is 13.8. The van der Waals surface area contributed by atoms with E-state index in [0.717, 1.165) is 25.8 Å². The molecule has 0 radical (unpaired) electrons. The maximum atomic E-state index is 14.5. The Labute approximate surface area is 179 Å². The van der Waals surface area contributed by atoms with Gasteiger partial charge in [0.2, 0.25) is 0 Å². The molecule has 1 heterocycles. The lowest BCUT2D eigenvalue weighted by Crippen LogP contribution is -2.33. The first-order valence-corrected chi connectivity index (χ1v) is 10.4. The molecular formula is C22H17Br2FN2O. The molecule has 0 aromatic heterocycles. The first-order valence-electron chi connectivity index (χ1n) is 8.83. The number of hydrogen-bond acceptors (Lipinski definition) is 3. The van der Waals surface area contributed by atoms with E-state index in [0.29, 0.717) is 12.0 Å². The van der Waals surface area contributed by atoms with E-state index >= 15 is 0 Å². The third kappa shape index (κ3) is 4.04. The van der Waals surface area contributed by atoms with E-state index in [1.165, 1.54) is 6.07 Å². The van der Waals surface area contributed by atoms with Crippen molar-refractivity contribution in [3.63, 3.8) is 0 Å². The average Bonchev–Trinajstić information content (AvgIpc) is 2.70. The number of aromatic hydroxyl groups is 1. The van der Waals surface area contributed by atoms with Crippen LogP contribution >= 0.6 is 31.9 Å². The van der Waals surface area contributed by atoms with Gasteiger partial charge in [0.25, 0.3) is 0 Å². The number of nitrogens with one attached hydrogen (secondary N) is 1. The highest BCUT2D eigenvalue weighted by atomic mass is 79.9. The quantitative estimate of drug-likeness (QED) is 0.441. The Morgan fingerprint density at radius 3 is 2.39 bits per heavy atom. The summed E-state index contributed by atoms with van der Waals surface area (Å²) < 4.78 is 16.3. The summed E-state index contributed by atoms with van der Waals surface area (Å²) in [5.41, 5.74) is 3.07. The van der Waals surface area contributed by atoms with Crippen LogP contribution in [0.15, 0.2) is 80.7 Å². The zero-order valence-corrected chi connectivity index (χ0v) is 17.9. The van der Waals surface area contributed by atoms with E-state index in [1.807, 2.05) is 30.3 Å². The van der Waals surface area contributed by atoms with Gasteiger partial charge in [-0.1, -0.05) is 62.2 Å². The molecule has 142 valence electrons. The summed E-state index contributed by atoms with van der Waals surface area (Å²) in [5.74, 6) is -0.108. The molecule has 0 unspecified atom stereocenters. The molecule has 0 fully saturated rings. The van der Waals surface area contributed by atoms with Gasteiger partial charge in [-0.25, -0.2) is 4.39 Å². The maximum Gasteiger partial charge on any atom is 0.129 e. The molecule has 0 saturated carbocycles. The second-order valence-corrected chi connectivity index (χ2v) is 8.46. The minimum atomic E-state index is -0.544. The zero-order chi connectivity index (χ0) is 19.7. The van der Waals surface area contributed by atoms with Crippen LogP contribution in [0.25, 0.3) is 0 Å². The Morgan fingerprint density at radius 1 is 0.929 bits per heavy atom. The number of halogens is 3. The van der Waals surface area contributed by atoms with Crippen molar-refractivity contribution in [2.24, 2.45) is 4.99 Å². The highest BCUT2D eigenvalue weighted by Gasteiger charge is 2.29. The second kappa shape index (κ2) is 8.15. The van der Waals surface area contributed by atoms with Crippen LogP contribution in [0.3, 0.4) is 0 Å². The van der Waals surface area contributed by atoms with Crippen LogP contribution in [-0.4, -0.2) is 10.8 Å². The fourth-order valence-corrected chi connectivity index (χ4v) is 4.03. The summed E-state index contributed by atoms with van der Waals surface area (Å²) in [6.07, 6.45) is 0.0355. The standard InChI is InChI=1S/C22H17Br2FN2O/c23-14-7-5-13(6-8-14)19-12-20(17-11-15(24)9-10-21(17)28)27-22(26-19)16-3-1-2-4-18(16)25/h1-11,20,22,27-28H,12H2/t20-,22+/m0/s1. The van der Waals surface area contributed by atoms with Crippen LogP contribution in [0.2, 0.25) is 0 Å². The Hall–Kier alpha value is -2.02. The van der Waals surface area contributed by atoms with Gasteiger partial charge in [-0.05, 0) is 42.0 Å². The molecule has 0 saturated heterocycles. The van der Waals surface area contributed by atoms with Gasteiger partial charge in [-0.2, -0.15) is 0 Å².